The first-order chi connectivity index (χ1) is 11.1. The van der Waals surface area contributed by atoms with Crippen molar-refractivity contribution in [2.75, 3.05) is 31.1 Å². The molecule has 0 bridgehead atoms. The van der Waals surface area contributed by atoms with Crippen molar-refractivity contribution in [3.63, 3.8) is 0 Å². The largest absolute Gasteiger partial charge is 0.481 e. The van der Waals surface area contributed by atoms with E-state index in [-0.39, 0.29) is 12.6 Å². The molecule has 3 rings (SSSR count). The van der Waals surface area contributed by atoms with Crippen molar-refractivity contribution in [2.24, 2.45) is 5.92 Å². The van der Waals surface area contributed by atoms with Gasteiger partial charge in [0.05, 0.1) is 17.5 Å². The second-order valence-electron chi connectivity index (χ2n) is 6.30. The lowest BCUT2D eigenvalue weighted by molar-refractivity contribution is -0.716. The van der Waals surface area contributed by atoms with Crippen molar-refractivity contribution in [2.45, 2.75) is 31.7 Å². The number of anilines is 1. The third-order valence-corrected chi connectivity index (χ3v) is 4.87. The van der Waals surface area contributed by atoms with E-state index in [2.05, 4.69) is 9.88 Å². The fraction of sp³-hybridized carbons (Fsp3) is 0.625. The van der Waals surface area contributed by atoms with E-state index in [0.717, 1.165) is 37.2 Å². The molecule has 0 aliphatic carbocycles. The Bertz CT molecular complexity index is 558. The number of hydrazine groups is 1. The maximum absolute atomic E-state index is 12.3. The van der Waals surface area contributed by atoms with Crippen LogP contribution in [0, 0.1) is 10.8 Å². The molecule has 7 heteroatoms. The van der Waals surface area contributed by atoms with Gasteiger partial charge in [0, 0.05) is 31.2 Å². The maximum atomic E-state index is 12.3. The first-order valence-electron chi connectivity index (χ1n) is 8.24. The van der Waals surface area contributed by atoms with Gasteiger partial charge in [0.25, 0.3) is 0 Å². The van der Waals surface area contributed by atoms with Gasteiger partial charge in [-0.05, 0) is 37.8 Å². The summed E-state index contributed by atoms with van der Waals surface area (Å²) in [4.78, 5) is 30.7. The Labute approximate surface area is 135 Å². The van der Waals surface area contributed by atoms with Crippen LogP contribution >= 0.6 is 0 Å². The lowest BCUT2D eigenvalue weighted by atomic mass is 10.0. The Kier molecular flexibility index (Phi) is 4.73. The zero-order valence-corrected chi connectivity index (χ0v) is 13.2. The molecule has 1 atom stereocenters. The number of hydrogen-bond donors (Lipinski definition) is 1. The molecule has 124 valence electrons. The fourth-order valence-corrected chi connectivity index (χ4v) is 3.54. The minimum absolute atomic E-state index is 0.0693. The normalized spacial score (nSPS) is 23.7. The van der Waals surface area contributed by atoms with Crippen molar-refractivity contribution in [3.05, 3.63) is 29.4 Å². The van der Waals surface area contributed by atoms with Gasteiger partial charge < -0.3 is 10.0 Å². The molecule has 2 aliphatic rings. The summed E-state index contributed by atoms with van der Waals surface area (Å²) in [7, 11) is 0. The van der Waals surface area contributed by atoms with Gasteiger partial charge >= 0.3 is 5.97 Å². The van der Waals surface area contributed by atoms with Crippen LogP contribution < -0.4 is 4.90 Å². The minimum Gasteiger partial charge on any atom is -0.481 e. The molecule has 3 heterocycles. The molecule has 0 aromatic carbocycles. The Morgan fingerprint density at radius 2 is 1.87 bits per heavy atom. The summed E-state index contributed by atoms with van der Waals surface area (Å²) in [5.74, 6) is -1.41. The van der Waals surface area contributed by atoms with Gasteiger partial charge in [-0.2, -0.15) is 0 Å². The Hall–Kier alpha value is -2.18. The number of piperidine rings is 1. The van der Waals surface area contributed by atoms with E-state index in [1.165, 1.54) is 5.69 Å². The van der Waals surface area contributed by atoms with Gasteiger partial charge in [0.15, 0.2) is 0 Å². The average molecular weight is 319 g/mol. The van der Waals surface area contributed by atoms with E-state index in [1.807, 2.05) is 17.1 Å². The van der Waals surface area contributed by atoms with Crippen molar-refractivity contribution in [1.29, 1.82) is 0 Å². The lowest BCUT2D eigenvalue weighted by Gasteiger charge is -2.35. The summed E-state index contributed by atoms with van der Waals surface area (Å²) in [5.41, 5.74) is 1.17. The molecule has 2 saturated heterocycles. The third-order valence-electron chi connectivity index (χ3n) is 4.87. The highest BCUT2D eigenvalue weighted by atomic mass is 16.4. The van der Waals surface area contributed by atoms with Crippen LogP contribution in [0.3, 0.4) is 0 Å². The smallest absolute Gasteiger partial charge is 0.313 e. The number of nitrogens with zero attached hydrogens (tertiary/aromatic N) is 4. The molecule has 7 nitrogen and oxygen atoms in total. The zero-order valence-electron chi connectivity index (χ0n) is 13.2. The van der Waals surface area contributed by atoms with E-state index < -0.39 is 11.9 Å². The fourth-order valence-electron chi connectivity index (χ4n) is 3.54. The molecule has 0 saturated carbocycles. The number of aromatic nitrogens is 1. The SMILES string of the molecule is O=C(O)C1CCCN(C2CCN(c3ccncc3)CC2)[N+](=O)C1. The van der Waals surface area contributed by atoms with Gasteiger partial charge in [0.2, 0.25) is 6.54 Å². The van der Waals surface area contributed by atoms with Crippen LogP contribution in [0.25, 0.3) is 0 Å². The number of aliphatic carboxylic acids is 1. The Morgan fingerprint density at radius 3 is 2.52 bits per heavy atom. The molecule has 1 unspecified atom stereocenters. The van der Waals surface area contributed by atoms with Gasteiger partial charge in [-0.15, -0.1) is 5.01 Å². The van der Waals surface area contributed by atoms with Crippen LogP contribution in [-0.2, 0) is 4.79 Å². The highest BCUT2D eigenvalue weighted by Gasteiger charge is 2.38. The lowest BCUT2D eigenvalue weighted by Crippen LogP contribution is -2.49. The van der Waals surface area contributed by atoms with Crippen LogP contribution in [0.15, 0.2) is 24.5 Å². The van der Waals surface area contributed by atoms with Gasteiger partial charge in [0.1, 0.15) is 10.8 Å². The van der Waals surface area contributed by atoms with E-state index in [0.29, 0.717) is 13.0 Å². The van der Waals surface area contributed by atoms with Crippen molar-refractivity contribution in [3.8, 4) is 0 Å². The highest BCUT2D eigenvalue weighted by Crippen LogP contribution is 2.24. The number of hydrogen-bond acceptors (Lipinski definition) is 4. The molecular formula is C16H23N4O3+. The average Bonchev–Trinajstić information content (AvgIpc) is 2.78. The number of carboxylic acid groups (broad SMARTS) is 1. The summed E-state index contributed by atoms with van der Waals surface area (Å²) in [6.45, 7) is 2.54. The number of rotatable bonds is 3. The third kappa shape index (κ3) is 3.60. The topological polar surface area (TPSA) is 76.8 Å². The zero-order chi connectivity index (χ0) is 16.2. The van der Waals surface area contributed by atoms with Gasteiger partial charge in [-0.1, -0.05) is 0 Å². The second kappa shape index (κ2) is 6.93. The summed E-state index contributed by atoms with van der Waals surface area (Å²) < 4.78 is 0. The van der Waals surface area contributed by atoms with E-state index in [4.69, 9.17) is 5.11 Å². The van der Waals surface area contributed by atoms with Gasteiger partial charge in [-0.3, -0.25) is 9.78 Å². The summed E-state index contributed by atoms with van der Waals surface area (Å²) in [5, 5.41) is 11.0. The highest BCUT2D eigenvalue weighted by molar-refractivity contribution is 5.70. The molecule has 0 spiro atoms. The second-order valence-corrected chi connectivity index (χ2v) is 6.30. The van der Waals surface area contributed by atoms with Crippen molar-refractivity contribution < 1.29 is 14.8 Å². The number of pyridine rings is 1. The van der Waals surface area contributed by atoms with Crippen LogP contribution in [0.4, 0.5) is 5.69 Å². The minimum atomic E-state index is -0.861. The molecule has 1 N–H and O–H groups in total. The quantitative estimate of drug-likeness (QED) is 0.852. The monoisotopic (exact) mass is 319 g/mol. The standard InChI is InChI=1S/C16H22N4O3/c21-16(22)13-2-1-9-19(20(23)12-13)15-5-10-18(11-6-15)14-3-7-17-8-4-14/h3-4,7-8,13,15H,1-2,5-6,9-12H2/p+1. The molecule has 1 aromatic rings. The number of carbonyl (C=O) groups is 1. The number of nitroso groups, excluding NO2 is 1. The molecule has 2 aliphatic heterocycles. The number of carboxylic acids is 1. The van der Waals surface area contributed by atoms with Crippen LogP contribution in [-0.4, -0.2) is 58.2 Å². The van der Waals surface area contributed by atoms with Gasteiger partial charge in [-0.25, -0.2) is 0 Å². The molecule has 23 heavy (non-hydrogen) atoms. The predicted octanol–water partition coefficient (Wildman–Crippen LogP) is 1.54. The first kappa shape index (κ1) is 15.7. The predicted molar refractivity (Wildman–Crippen MR) is 85.0 cm³/mol. The van der Waals surface area contributed by atoms with E-state index in [9.17, 15) is 9.70 Å². The van der Waals surface area contributed by atoms with Crippen molar-refractivity contribution in [1.82, 2.24) is 9.99 Å². The van der Waals surface area contributed by atoms with Crippen molar-refractivity contribution >= 4 is 11.7 Å². The first-order valence-corrected chi connectivity index (χ1v) is 8.24. The van der Waals surface area contributed by atoms with Crippen LogP contribution in [0.2, 0.25) is 0 Å². The molecule has 2 fully saturated rings. The Balaban J connectivity index is 1.59. The van der Waals surface area contributed by atoms with E-state index in [1.54, 1.807) is 12.4 Å². The molecular weight excluding hydrogens is 296 g/mol. The van der Waals surface area contributed by atoms with Crippen LogP contribution in [0.1, 0.15) is 25.7 Å². The summed E-state index contributed by atoms with van der Waals surface area (Å²) in [6.07, 6.45) is 6.77. The van der Waals surface area contributed by atoms with E-state index >= 15 is 0 Å². The molecule has 0 radical (unpaired) electrons. The van der Waals surface area contributed by atoms with Crippen LogP contribution in [0.5, 0.6) is 0 Å². The Morgan fingerprint density at radius 1 is 1.17 bits per heavy atom. The molecule has 1 aromatic heterocycles. The summed E-state index contributed by atoms with van der Waals surface area (Å²) >= 11 is 0. The molecule has 0 amide bonds. The maximum Gasteiger partial charge on any atom is 0.313 e. The summed E-state index contributed by atoms with van der Waals surface area (Å²) in [6, 6.07) is 4.21.